The third-order valence-electron chi connectivity index (χ3n) is 4.28. The Morgan fingerprint density at radius 3 is 2.22 bits per heavy atom. The van der Waals surface area contributed by atoms with Crippen molar-refractivity contribution in [3.05, 3.63) is 71.8 Å². The summed E-state index contributed by atoms with van der Waals surface area (Å²) in [5.74, 6) is 0.676. The van der Waals surface area contributed by atoms with Crippen molar-refractivity contribution in [3.63, 3.8) is 0 Å². The van der Waals surface area contributed by atoms with Gasteiger partial charge < -0.3 is 19.5 Å². The normalized spacial score (nSPS) is 10.8. The van der Waals surface area contributed by atoms with Gasteiger partial charge in [0.2, 0.25) is 0 Å². The highest BCUT2D eigenvalue weighted by molar-refractivity contribution is 7.92. The molecule has 3 aromatic carbocycles. The quantitative estimate of drug-likeness (QED) is 0.480. The summed E-state index contributed by atoms with van der Waals surface area (Å²) >= 11 is 5.84. The van der Waals surface area contributed by atoms with Crippen LogP contribution >= 0.6 is 11.6 Å². The number of rotatable bonds is 9. The van der Waals surface area contributed by atoms with Gasteiger partial charge in [-0.3, -0.25) is 9.52 Å². The van der Waals surface area contributed by atoms with E-state index in [0.29, 0.717) is 28.0 Å². The summed E-state index contributed by atoms with van der Waals surface area (Å²) < 4.78 is 43.9. The number of hydrogen-bond acceptors (Lipinski definition) is 6. The van der Waals surface area contributed by atoms with Gasteiger partial charge in [-0.15, -0.1) is 0 Å². The monoisotopic (exact) mass is 476 g/mol. The number of ether oxygens (including phenoxy) is 3. The van der Waals surface area contributed by atoms with Crippen molar-refractivity contribution in [2.75, 3.05) is 30.9 Å². The minimum atomic E-state index is -3.92. The van der Waals surface area contributed by atoms with Gasteiger partial charge in [0.15, 0.2) is 18.1 Å². The van der Waals surface area contributed by atoms with Crippen LogP contribution < -0.4 is 24.2 Å². The first-order valence-electron chi connectivity index (χ1n) is 9.34. The molecular formula is C22H21ClN2O6S. The Morgan fingerprint density at radius 2 is 1.56 bits per heavy atom. The maximum Gasteiger partial charge on any atom is 0.262 e. The fraction of sp³-hybridized carbons (Fsp3) is 0.136. The van der Waals surface area contributed by atoms with Crippen LogP contribution in [0, 0.1) is 0 Å². The molecule has 0 bridgehead atoms. The van der Waals surface area contributed by atoms with Crippen LogP contribution in [0.4, 0.5) is 11.4 Å². The number of methoxy groups -OCH3 is 2. The molecule has 8 nitrogen and oxygen atoms in total. The van der Waals surface area contributed by atoms with Crippen LogP contribution in [-0.4, -0.2) is 35.2 Å². The summed E-state index contributed by atoms with van der Waals surface area (Å²) in [6.07, 6.45) is 0. The Balaban J connectivity index is 1.75. The number of carbonyl (C=O) groups excluding carboxylic acids is 1. The minimum Gasteiger partial charge on any atom is -0.495 e. The molecule has 0 heterocycles. The van der Waals surface area contributed by atoms with E-state index in [0.717, 1.165) is 0 Å². The second kappa shape index (κ2) is 10.3. The van der Waals surface area contributed by atoms with Crippen LogP contribution in [0.15, 0.2) is 71.6 Å². The van der Waals surface area contributed by atoms with E-state index in [1.54, 1.807) is 48.5 Å². The first-order valence-corrected chi connectivity index (χ1v) is 11.2. The van der Waals surface area contributed by atoms with Crippen molar-refractivity contribution in [1.29, 1.82) is 0 Å². The van der Waals surface area contributed by atoms with E-state index in [2.05, 4.69) is 10.0 Å². The summed E-state index contributed by atoms with van der Waals surface area (Å²) in [5, 5.41) is 3.10. The van der Waals surface area contributed by atoms with Gasteiger partial charge in [0.05, 0.1) is 24.8 Å². The predicted molar refractivity (Wildman–Crippen MR) is 122 cm³/mol. The topological polar surface area (TPSA) is 103 Å². The Bertz CT molecular complexity index is 1200. The van der Waals surface area contributed by atoms with E-state index in [9.17, 15) is 13.2 Å². The molecule has 2 N–H and O–H groups in total. The smallest absolute Gasteiger partial charge is 0.262 e. The van der Waals surface area contributed by atoms with Crippen molar-refractivity contribution >= 4 is 38.9 Å². The second-order valence-corrected chi connectivity index (χ2v) is 8.58. The number of sulfonamides is 1. The van der Waals surface area contributed by atoms with Gasteiger partial charge in [-0.05, 0) is 54.6 Å². The number of nitrogens with one attached hydrogen (secondary N) is 2. The molecular weight excluding hydrogens is 456 g/mol. The minimum absolute atomic E-state index is 0.0609. The highest BCUT2D eigenvalue weighted by Crippen LogP contribution is 2.29. The van der Waals surface area contributed by atoms with Crippen molar-refractivity contribution in [2.45, 2.75) is 4.90 Å². The molecule has 32 heavy (non-hydrogen) atoms. The summed E-state index contributed by atoms with van der Waals surface area (Å²) in [7, 11) is -1.01. The number of carbonyl (C=O) groups is 1. The average molecular weight is 477 g/mol. The average Bonchev–Trinajstić information content (AvgIpc) is 2.79. The maximum absolute atomic E-state index is 12.8. The zero-order valence-electron chi connectivity index (χ0n) is 17.3. The number of hydrogen-bond donors (Lipinski definition) is 2. The Kier molecular flexibility index (Phi) is 7.45. The van der Waals surface area contributed by atoms with Crippen LogP contribution in [0.2, 0.25) is 5.02 Å². The van der Waals surface area contributed by atoms with Gasteiger partial charge in [-0.25, -0.2) is 8.42 Å². The van der Waals surface area contributed by atoms with Crippen LogP contribution in [0.3, 0.4) is 0 Å². The fourth-order valence-corrected chi connectivity index (χ4v) is 3.96. The first kappa shape index (κ1) is 23.2. The van der Waals surface area contributed by atoms with Crippen LogP contribution in [-0.2, 0) is 14.8 Å². The number of para-hydroxylation sites is 2. The molecule has 168 valence electrons. The lowest BCUT2D eigenvalue weighted by molar-refractivity contribution is -0.118. The molecule has 0 unspecified atom stereocenters. The molecule has 10 heteroatoms. The molecule has 1 amide bonds. The van der Waals surface area contributed by atoms with Crippen molar-refractivity contribution in [2.24, 2.45) is 0 Å². The third-order valence-corrected chi connectivity index (χ3v) is 5.91. The Hall–Kier alpha value is -3.43. The lowest BCUT2D eigenvalue weighted by Gasteiger charge is -2.14. The van der Waals surface area contributed by atoms with Crippen LogP contribution in [0.5, 0.6) is 17.2 Å². The van der Waals surface area contributed by atoms with E-state index >= 15 is 0 Å². The summed E-state index contributed by atoms with van der Waals surface area (Å²) in [6.45, 7) is -0.316. The number of halogens is 1. The zero-order valence-corrected chi connectivity index (χ0v) is 18.9. The molecule has 0 aromatic heterocycles. The van der Waals surface area contributed by atoms with Gasteiger partial charge in [-0.1, -0.05) is 23.7 Å². The van der Waals surface area contributed by atoms with Crippen molar-refractivity contribution in [1.82, 2.24) is 0 Å². The largest absolute Gasteiger partial charge is 0.495 e. The molecule has 0 atom stereocenters. The number of benzene rings is 3. The molecule has 0 radical (unpaired) electrons. The highest BCUT2D eigenvalue weighted by atomic mass is 35.5. The van der Waals surface area contributed by atoms with Gasteiger partial charge >= 0.3 is 0 Å². The van der Waals surface area contributed by atoms with Gasteiger partial charge in [0.1, 0.15) is 5.75 Å². The SMILES string of the molecule is COc1ccc(S(=O)(=O)Nc2ccc(Cl)cc2)cc1NC(=O)COc1ccccc1OC. The highest BCUT2D eigenvalue weighted by Gasteiger charge is 2.18. The zero-order chi connectivity index (χ0) is 23.1. The molecule has 3 aromatic rings. The predicted octanol–water partition coefficient (Wildman–Crippen LogP) is 4.18. The first-order chi connectivity index (χ1) is 15.3. The molecule has 3 rings (SSSR count). The molecule has 0 spiro atoms. The maximum atomic E-state index is 12.8. The number of amides is 1. The van der Waals surface area contributed by atoms with E-state index in [-0.39, 0.29) is 17.2 Å². The summed E-state index contributed by atoms with van der Waals surface area (Å²) in [4.78, 5) is 12.4. The van der Waals surface area contributed by atoms with Crippen molar-refractivity contribution < 1.29 is 27.4 Å². The molecule has 0 saturated carbocycles. The summed E-state index contributed by atoms with van der Waals surface area (Å²) in [5.41, 5.74) is 0.529. The van der Waals surface area contributed by atoms with E-state index < -0.39 is 15.9 Å². The Labute approximate surface area is 191 Å². The molecule has 0 aliphatic carbocycles. The van der Waals surface area contributed by atoms with Crippen LogP contribution in [0.25, 0.3) is 0 Å². The van der Waals surface area contributed by atoms with Crippen molar-refractivity contribution in [3.8, 4) is 17.2 Å². The van der Waals surface area contributed by atoms with Gasteiger partial charge in [0, 0.05) is 10.7 Å². The second-order valence-electron chi connectivity index (χ2n) is 6.46. The standard InChI is InChI=1S/C22H21ClN2O6S/c1-29-19-12-11-17(32(27,28)25-16-9-7-15(23)8-10-16)13-18(19)24-22(26)14-31-21-6-4-3-5-20(21)30-2/h3-13,25H,14H2,1-2H3,(H,24,26). The number of anilines is 2. The fourth-order valence-electron chi connectivity index (χ4n) is 2.75. The third kappa shape index (κ3) is 5.83. The molecule has 0 aliphatic heterocycles. The van der Waals surface area contributed by atoms with Gasteiger partial charge in [0.25, 0.3) is 15.9 Å². The molecule has 0 aliphatic rings. The van der Waals surface area contributed by atoms with Gasteiger partial charge in [-0.2, -0.15) is 0 Å². The van der Waals surface area contributed by atoms with E-state index in [1.807, 2.05) is 0 Å². The molecule has 0 fully saturated rings. The van der Waals surface area contributed by atoms with Crippen LogP contribution in [0.1, 0.15) is 0 Å². The lowest BCUT2D eigenvalue weighted by Crippen LogP contribution is -2.21. The Morgan fingerprint density at radius 1 is 0.906 bits per heavy atom. The van der Waals surface area contributed by atoms with E-state index in [4.69, 9.17) is 25.8 Å². The lowest BCUT2D eigenvalue weighted by atomic mass is 10.3. The van der Waals surface area contributed by atoms with E-state index in [1.165, 1.54) is 32.4 Å². The molecule has 0 saturated heterocycles. The summed E-state index contributed by atoms with van der Waals surface area (Å²) in [6, 6.07) is 17.3.